The number of esters is 1. The number of hydrogen-bond donors (Lipinski definition) is 1. The molecule has 188 valence electrons. The number of aromatic carboxylic acids is 1. The van der Waals surface area contributed by atoms with Gasteiger partial charge in [0.15, 0.2) is 0 Å². The molecule has 0 bridgehead atoms. The first-order valence-electron chi connectivity index (χ1n) is 13.5. The zero-order chi connectivity index (χ0) is 24.3. The van der Waals surface area contributed by atoms with Crippen molar-refractivity contribution in [3.63, 3.8) is 0 Å². The number of carboxylic acid groups (broad SMARTS) is 1. The molecular formula is C29H48O4. The Hall–Kier alpha value is -1.84. The molecule has 1 atom stereocenters. The van der Waals surface area contributed by atoms with Gasteiger partial charge in [0.2, 0.25) is 0 Å². The van der Waals surface area contributed by atoms with Crippen molar-refractivity contribution in [3.8, 4) is 0 Å². The molecule has 0 radical (unpaired) electrons. The summed E-state index contributed by atoms with van der Waals surface area (Å²) in [6, 6.07) is 6.34. The number of benzene rings is 1. The van der Waals surface area contributed by atoms with Gasteiger partial charge in [0.25, 0.3) is 0 Å². The molecule has 4 nitrogen and oxygen atoms in total. The standard InChI is InChI=1S/C29H48O4/c1-4-5-6-7-8-9-12-15-20-25(21-16-13-10-11-14-19-24(2)3)33-29(32)27-23-18-17-22-26(27)28(30)31/h17-18,22-25H,4-16,19-21H2,1-3H3,(H,30,31). The molecule has 1 aromatic carbocycles. The van der Waals surface area contributed by atoms with Crippen LogP contribution >= 0.6 is 0 Å². The predicted octanol–water partition coefficient (Wildman–Crippen LogP) is 8.83. The molecule has 4 heteroatoms. The fourth-order valence-electron chi connectivity index (χ4n) is 4.29. The van der Waals surface area contributed by atoms with Crippen molar-refractivity contribution in [1.82, 2.24) is 0 Å². The van der Waals surface area contributed by atoms with E-state index in [1.165, 1.54) is 76.7 Å². The maximum absolute atomic E-state index is 12.8. The first-order valence-corrected chi connectivity index (χ1v) is 13.5. The van der Waals surface area contributed by atoms with Crippen molar-refractivity contribution in [2.24, 2.45) is 5.92 Å². The lowest BCUT2D eigenvalue weighted by Crippen LogP contribution is -2.20. The van der Waals surface area contributed by atoms with Crippen molar-refractivity contribution in [1.29, 1.82) is 0 Å². The summed E-state index contributed by atoms with van der Waals surface area (Å²) in [6.07, 6.45) is 18.9. The normalized spacial score (nSPS) is 12.1. The van der Waals surface area contributed by atoms with E-state index in [9.17, 15) is 14.7 Å². The fraction of sp³-hybridized carbons (Fsp3) is 0.724. The van der Waals surface area contributed by atoms with E-state index in [1.54, 1.807) is 18.2 Å². The highest BCUT2D eigenvalue weighted by Crippen LogP contribution is 2.20. The molecule has 0 fully saturated rings. The minimum absolute atomic E-state index is 0.0125. The van der Waals surface area contributed by atoms with Crippen LogP contribution in [0.15, 0.2) is 24.3 Å². The van der Waals surface area contributed by atoms with Gasteiger partial charge >= 0.3 is 11.9 Å². The van der Waals surface area contributed by atoms with E-state index < -0.39 is 11.9 Å². The van der Waals surface area contributed by atoms with Gasteiger partial charge in [0.1, 0.15) is 6.10 Å². The zero-order valence-electron chi connectivity index (χ0n) is 21.4. The monoisotopic (exact) mass is 460 g/mol. The van der Waals surface area contributed by atoms with Crippen LogP contribution < -0.4 is 0 Å². The second-order valence-corrected chi connectivity index (χ2v) is 9.88. The lowest BCUT2D eigenvalue weighted by Gasteiger charge is -2.19. The Balaban J connectivity index is 2.49. The first-order chi connectivity index (χ1) is 16.0. The number of hydrogen-bond acceptors (Lipinski definition) is 3. The van der Waals surface area contributed by atoms with Crippen LogP contribution in [-0.2, 0) is 4.74 Å². The van der Waals surface area contributed by atoms with Crippen molar-refractivity contribution < 1.29 is 19.4 Å². The molecule has 1 aromatic rings. The second kappa shape index (κ2) is 18.6. The number of carbonyl (C=O) groups is 2. The highest BCUT2D eigenvalue weighted by molar-refractivity contribution is 6.02. The Labute approximate surface area is 202 Å². The predicted molar refractivity (Wildman–Crippen MR) is 137 cm³/mol. The highest BCUT2D eigenvalue weighted by Gasteiger charge is 2.20. The Bertz CT molecular complexity index is 653. The van der Waals surface area contributed by atoms with Crippen LogP contribution in [0.25, 0.3) is 0 Å². The van der Waals surface area contributed by atoms with Gasteiger partial charge < -0.3 is 9.84 Å². The number of carbonyl (C=O) groups excluding carboxylic acids is 1. The van der Waals surface area contributed by atoms with E-state index >= 15 is 0 Å². The van der Waals surface area contributed by atoms with Gasteiger partial charge in [-0.05, 0) is 43.7 Å². The summed E-state index contributed by atoms with van der Waals surface area (Å²) in [7, 11) is 0. The molecule has 0 spiro atoms. The zero-order valence-corrected chi connectivity index (χ0v) is 21.4. The third-order valence-electron chi connectivity index (χ3n) is 6.34. The molecule has 0 heterocycles. The number of ether oxygens (including phenoxy) is 1. The van der Waals surface area contributed by atoms with E-state index in [-0.39, 0.29) is 17.2 Å². The largest absolute Gasteiger partial charge is 0.478 e. The lowest BCUT2D eigenvalue weighted by atomic mass is 10.0. The summed E-state index contributed by atoms with van der Waals surface area (Å²) in [5, 5.41) is 9.40. The summed E-state index contributed by atoms with van der Waals surface area (Å²) in [5.74, 6) is -0.827. The van der Waals surface area contributed by atoms with Crippen LogP contribution in [-0.4, -0.2) is 23.1 Å². The number of rotatable bonds is 20. The van der Waals surface area contributed by atoms with E-state index in [1.807, 2.05) is 0 Å². The topological polar surface area (TPSA) is 63.6 Å². The van der Waals surface area contributed by atoms with E-state index in [2.05, 4.69) is 20.8 Å². The van der Waals surface area contributed by atoms with Crippen LogP contribution in [0.3, 0.4) is 0 Å². The van der Waals surface area contributed by atoms with Crippen LogP contribution in [0.2, 0.25) is 0 Å². The molecule has 0 aromatic heterocycles. The molecule has 0 amide bonds. The van der Waals surface area contributed by atoms with Crippen molar-refractivity contribution in [3.05, 3.63) is 35.4 Å². The van der Waals surface area contributed by atoms with Crippen molar-refractivity contribution >= 4 is 11.9 Å². The Kier molecular flexibility index (Phi) is 16.4. The fourth-order valence-corrected chi connectivity index (χ4v) is 4.29. The summed E-state index contributed by atoms with van der Waals surface area (Å²) in [6.45, 7) is 6.78. The van der Waals surface area contributed by atoms with Gasteiger partial charge in [-0.2, -0.15) is 0 Å². The van der Waals surface area contributed by atoms with Gasteiger partial charge in [-0.1, -0.05) is 110 Å². The molecule has 0 aliphatic rings. The molecular weight excluding hydrogens is 412 g/mol. The number of carboxylic acids is 1. The van der Waals surface area contributed by atoms with E-state index in [4.69, 9.17) is 4.74 Å². The van der Waals surface area contributed by atoms with Crippen LogP contribution in [0.5, 0.6) is 0 Å². The molecule has 0 aliphatic heterocycles. The summed E-state index contributed by atoms with van der Waals surface area (Å²) in [5.41, 5.74) is 0.165. The average Bonchev–Trinajstić information content (AvgIpc) is 2.79. The second-order valence-electron chi connectivity index (χ2n) is 9.88. The van der Waals surface area contributed by atoms with Gasteiger partial charge in [-0.25, -0.2) is 9.59 Å². The van der Waals surface area contributed by atoms with E-state index in [0.717, 1.165) is 38.0 Å². The van der Waals surface area contributed by atoms with Gasteiger partial charge in [-0.3, -0.25) is 0 Å². The molecule has 1 unspecified atom stereocenters. The maximum atomic E-state index is 12.8. The first kappa shape index (κ1) is 29.2. The SMILES string of the molecule is CCCCCCCCCCC(CCCCCCCC(C)C)OC(=O)c1ccccc1C(=O)O. The molecule has 33 heavy (non-hydrogen) atoms. The lowest BCUT2D eigenvalue weighted by molar-refractivity contribution is 0.0244. The van der Waals surface area contributed by atoms with Crippen LogP contribution in [0, 0.1) is 5.92 Å². The summed E-state index contributed by atoms with van der Waals surface area (Å²) >= 11 is 0. The third kappa shape index (κ3) is 14.1. The van der Waals surface area contributed by atoms with Crippen LogP contribution in [0.4, 0.5) is 0 Å². The molecule has 1 rings (SSSR count). The average molecular weight is 461 g/mol. The Morgan fingerprint density at radius 3 is 1.67 bits per heavy atom. The molecule has 0 aliphatic carbocycles. The number of unbranched alkanes of at least 4 members (excludes halogenated alkanes) is 11. The van der Waals surface area contributed by atoms with E-state index in [0.29, 0.717) is 0 Å². The van der Waals surface area contributed by atoms with Gasteiger partial charge in [0, 0.05) is 0 Å². The minimum Gasteiger partial charge on any atom is -0.478 e. The molecule has 0 saturated carbocycles. The van der Waals surface area contributed by atoms with Crippen molar-refractivity contribution in [2.75, 3.05) is 0 Å². The molecule has 0 saturated heterocycles. The van der Waals surface area contributed by atoms with Gasteiger partial charge in [-0.15, -0.1) is 0 Å². The van der Waals surface area contributed by atoms with Gasteiger partial charge in [0.05, 0.1) is 11.1 Å². The summed E-state index contributed by atoms with van der Waals surface area (Å²) < 4.78 is 5.84. The minimum atomic E-state index is -1.09. The third-order valence-corrected chi connectivity index (χ3v) is 6.34. The Morgan fingerprint density at radius 1 is 0.727 bits per heavy atom. The highest BCUT2D eigenvalue weighted by atomic mass is 16.5. The quantitative estimate of drug-likeness (QED) is 0.156. The maximum Gasteiger partial charge on any atom is 0.339 e. The van der Waals surface area contributed by atoms with Crippen molar-refractivity contribution in [2.45, 2.75) is 130 Å². The Morgan fingerprint density at radius 2 is 1.18 bits per heavy atom. The smallest absolute Gasteiger partial charge is 0.339 e. The van der Waals surface area contributed by atoms with Crippen LogP contribution in [0.1, 0.15) is 144 Å². The molecule has 1 N–H and O–H groups in total. The summed E-state index contributed by atoms with van der Waals surface area (Å²) in [4.78, 5) is 24.2.